The van der Waals surface area contributed by atoms with Crippen molar-refractivity contribution in [1.29, 1.82) is 0 Å². The number of rotatable bonds is 7. The molecule has 0 saturated heterocycles. The van der Waals surface area contributed by atoms with Crippen LogP contribution in [0.1, 0.15) is 34.8 Å². The maximum atomic E-state index is 12.4. The van der Waals surface area contributed by atoms with E-state index >= 15 is 0 Å². The number of carbonyl (C=O) groups excluding carboxylic acids is 2. The fourth-order valence-electron chi connectivity index (χ4n) is 2.41. The van der Waals surface area contributed by atoms with Crippen molar-refractivity contribution in [3.8, 4) is 11.5 Å². The van der Waals surface area contributed by atoms with E-state index in [9.17, 15) is 9.59 Å². The van der Waals surface area contributed by atoms with Gasteiger partial charge < -0.3 is 9.47 Å². The predicted molar refractivity (Wildman–Crippen MR) is 107 cm³/mol. The molecule has 0 aliphatic heterocycles. The molecular weight excluding hydrogens is 412 g/mol. The highest BCUT2D eigenvalue weighted by molar-refractivity contribution is 9.10. The monoisotopic (exact) mass is 434 g/mol. The predicted octanol–water partition coefficient (Wildman–Crippen LogP) is 3.69. The largest absolute Gasteiger partial charge is 0.493 e. The number of benzene rings is 2. The zero-order chi connectivity index (χ0) is 19.8. The lowest BCUT2D eigenvalue weighted by atomic mass is 10.1. The molecular formula is C20H23BrN2O4. The van der Waals surface area contributed by atoms with Gasteiger partial charge in [-0.25, -0.2) is 0 Å². The number of hydrazine groups is 1. The van der Waals surface area contributed by atoms with Crippen molar-refractivity contribution in [1.82, 2.24) is 10.9 Å². The van der Waals surface area contributed by atoms with Crippen LogP contribution in [0.15, 0.2) is 40.9 Å². The SMILES string of the molecule is CCCOc1ccc(Br)cc1C(=O)NNC(=O)COc1c(C)cccc1C. The van der Waals surface area contributed by atoms with Crippen LogP contribution in [0.4, 0.5) is 0 Å². The van der Waals surface area contributed by atoms with Crippen LogP contribution in [0, 0.1) is 13.8 Å². The molecule has 144 valence electrons. The summed E-state index contributed by atoms with van der Waals surface area (Å²) >= 11 is 3.33. The molecule has 0 atom stereocenters. The molecule has 0 saturated carbocycles. The van der Waals surface area contributed by atoms with Gasteiger partial charge in [-0.3, -0.25) is 20.4 Å². The Morgan fingerprint density at radius 3 is 2.41 bits per heavy atom. The smallest absolute Gasteiger partial charge is 0.276 e. The Labute approximate surface area is 167 Å². The molecule has 6 nitrogen and oxygen atoms in total. The first-order valence-corrected chi connectivity index (χ1v) is 9.42. The molecule has 27 heavy (non-hydrogen) atoms. The summed E-state index contributed by atoms with van der Waals surface area (Å²) in [6.45, 7) is 6.09. The molecule has 7 heteroatoms. The molecule has 2 aromatic carbocycles. The third kappa shape index (κ3) is 5.99. The van der Waals surface area contributed by atoms with Gasteiger partial charge in [-0.05, 0) is 49.6 Å². The van der Waals surface area contributed by atoms with Crippen molar-refractivity contribution in [3.63, 3.8) is 0 Å². The first kappa shape index (κ1) is 20.8. The average Bonchev–Trinajstić information content (AvgIpc) is 2.64. The van der Waals surface area contributed by atoms with E-state index < -0.39 is 11.8 Å². The van der Waals surface area contributed by atoms with Crippen molar-refractivity contribution in [2.45, 2.75) is 27.2 Å². The van der Waals surface area contributed by atoms with Crippen LogP contribution in [-0.2, 0) is 4.79 Å². The van der Waals surface area contributed by atoms with Crippen LogP contribution in [0.25, 0.3) is 0 Å². The van der Waals surface area contributed by atoms with Gasteiger partial charge in [0.1, 0.15) is 11.5 Å². The summed E-state index contributed by atoms with van der Waals surface area (Å²) in [4.78, 5) is 24.4. The van der Waals surface area contributed by atoms with Crippen LogP contribution in [0.2, 0.25) is 0 Å². The van der Waals surface area contributed by atoms with Gasteiger partial charge in [0, 0.05) is 4.47 Å². The molecule has 0 radical (unpaired) electrons. The first-order valence-electron chi connectivity index (χ1n) is 8.63. The first-order chi connectivity index (χ1) is 12.9. The molecule has 2 rings (SSSR count). The number of nitrogens with one attached hydrogen (secondary N) is 2. The standard InChI is InChI=1S/C20H23BrN2O4/c1-4-10-26-17-9-8-15(21)11-16(17)20(25)23-22-18(24)12-27-19-13(2)6-5-7-14(19)3/h5-9,11H,4,10,12H2,1-3H3,(H,22,24)(H,23,25). The van der Waals surface area contributed by atoms with Crippen molar-refractivity contribution in [2.24, 2.45) is 0 Å². The summed E-state index contributed by atoms with van der Waals surface area (Å²) in [6.07, 6.45) is 0.823. The number of aryl methyl sites for hydroxylation is 2. The van der Waals surface area contributed by atoms with Gasteiger partial charge in [-0.2, -0.15) is 0 Å². The second-order valence-corrected chi connectivity index (χ2v) is 6.92. The summed E-state index contributed by atoms with van der Waals surface area (Å²) in [5.74, 6) is 0.194. The topological polar surface area (TPSA) is 76.7 Å². The highest BCUT2D eigenvalue weighted by Gasteiger charge is 2.15. The van der Waals surface area contributed by atoms with Gasteiger partial charge in [0.15, 0.2) is 6.61 Å². The molecule has 0 aliphatic rings. The number of hydrogen-bond donors (Lipinski definition) is 2. The second kappa shape index (κ2) is 9.97. The lowest BCUT2D eigenvalue weighted by Crippen LogP contribution is -2.44. The third-order valence-corrected chi connectivity index (χ3v) is 4.21. The van der Waals surface area contributed by atoms with Crippen molar-refractivity contribution in [3.05, 3.63) is 57.6 Å². The molecule has 0 heterocycles. The summed E-state index contributed by atoms with van der Waals surface area (Å²) in [7, 11) is 0. The summed E-state index contributed by atoms with van der Waals surface area (Å²) < 4.78 is 11.9. The Morgan fingerprint density at radius 2 is 1.74 bits per heavy atom. The van der Waals surface area contributed by atoms with E-state index in [4.69, 9.17) is 9.47 Å². The molecule has 2 amide bonds. The fourth-order valence-corrected chi connectivity index (χ4v) is 2.77. The van der Waals surface area contributed by atoms with Gasteiger partial charge in [-0.15, -0.1) is 0 Å². The second-order valence-electron chi connectivity index (χ2n) is 6.00. The van der Waals surface area contributed by atoms with E-state index in [0.717, 1.165) is 22.0 Å². The molecule has 0 unspecified atom stereocenters. The Kier molecular flexibility index (Phi) is 7.67. The van der Waals surface area contributed by atoms with Crippen LogP contribution >= 0.6 is 15.9 Å². The number of halogens is 1. The van der Waals surface area contributed by atoms with E-state index in [2.05, 4.69) is 26.8 Å². The van der Waals surface area contributed by atoms with E-state index in [1.54, 1.807) is 18.2 Å². The number of hydrogen-bond acceptors (Lipinski definition) is 4. The van der Waals surface area contributed by atoms with Crippen LogP contribution in [0.5, 0.6) is 11.5 Å². The van der Waals surface area contributed by atoms with Crippen molar-refractivity contribution >= 4 is 27.7 Å². The molecule has 0 aromatic heterocycles. The molecule has 0 fully saturated rings. The van der Waals surface area contributed by atoms with Gasteiger partial charge in [0.25, 0.3) is 11.8 Å². The normalized spacial score (nSPS) is 10.2. The van der Waals surface area contributed by atoms with Crippen molar-refractivity contribution in [2.75, 3.05) is 13.2 Å². The van der Waals surface area contributed by atoms with Gasteiger partial charge in [0.2, 0.25) is 0 Å². The van der Waals surface area contributed by atoms with Gasteiger partial charge in [0.05, 0.1) is 12.2 Å². The molecule has 0 spiro atoms. The number of carbonyl (C=O) groups is 2. The maximum absolute atomic E-state index is 12.4. The van der Waals surface area contributed by atoms with Gasteiger partial charge in [-0.1, -0.05) is 41.1 Å². The summed E-state index contributed by atoms with van der Waals surface area (Å²) in [5.41, 5.74) is 6.96. The minimum atomic E-state index is -0.470. The Balaban J connectivity index is 1.93. The lowest BCUT2D eigenvalue weighted by Gasteiger charge is -2.14. The molecule has 0 bridgehead atoms. The molecule has 0 aliphatic carbocycles. The van der Waals surface area contributed by atoms with Crippen LogP contribution in [0.3, 0.4) is 0 Å². The van der Waals surface area contributed by atoms with Crippen LogP contribution in [-0.4, -0.2) is 25.0 Å². The van der Waals surface area contributed by atoms with E-state index in [1.807, 2.05) is 39.0 Å². The minimum absolute atomic E-state index is 0.205. The zero-order valence-corrected chi connectivity index (χ0v) is 17.2. The average molecular weight is 435 g/mol. The van der Waals surface area contributed by atoms with E-state index in [1.165, 1.54) is 0 Å². The lowest BCUT2D eigenvalue weighted by molar-refractivity contribution is -0.123. The third-order valence-electron chi connectivity index (χ3n) is 3.72. The molecule has 2 N–H and O–H groups in total. The van der Waals surface area contributed by atoms with E-state index in [0.29, 0.717) is 23.7 Å². The zero-order valence-electron chi connectivity index (χ0n) is 15.6. The van der Waals surface area contributed by atoms with Crippen molar-refractivity contribution < 1.29 is 19.1 Å². The highest BCUT2D eigenvalue weighted by Crippen LogP contribution is 2.24. The minimum Gasteiger partial charge on any atom is -0.493 e. The Bertz CT molecular complexity index is 803. The quantitative estimate of drug-likeness (QED) is 0.651. The fraction of sp³-hybridized carbons (Fsp3) is 0.300. The maximum Gasteiger partial charge on any atom is 0.276 e. The number of para-hydroxylation sites is 1. The van der Waals surface area contributed by atoms with Crippen LogP contribution < -0.4 is 20.3 Å². The summed E-state index contributed by atoms with van der Waals surface area (Å²) in [6, 6.07) is 10.9. The van der Waals surface area contributed by atoms with E-state index in [-0.39, 0.29) is 6.61 Å². The van der Waals surface area contributed by atoms with Gasteiger partial charge >= 0.3 is 0 Å². The molecule has 2 aromatic rings. The summed E-state index contributed by atoms with van der Waals surface area (Å²) in [5, 5.41) is 0. The Morgan fingerprint density at radius 1 is 1.04 bits per heavy atom. The Hall–Kier alpha value is -2.54. The highest BCUT2D eigenvalue weighted by atomic mass is 79.9. The number of ether oxygens (including phenoxy) is 2. The number of amides is 2.